The van der Waals surface area contributed by atoms with E-state index in [4.69, 9.17) is 0 Å². The molecule has 3 rings (SSSR count). The Balaban J connectivity index is 2.02. The van der Waals surface area contributed by atoms with Crippen molar-refractivity contribution in [1.29, 1.82) is 0 Å². The zero-order valence-electron chi connectivity index (χ0n) is 24.2. The molecule has 214 valence electrons. The van der Waals surface area contributed by atoms with E-state index in [1.54, 1.807) is 36.4 Å². The van der Waals surface area contributed by atoms with Gasteiger partial charge in [0.15, 0.2) is 0 Å². The molecule has 0 unspecified atom stereocenters. The number of anilines is 1. The second-order valence-electron chi connectivity index (χ2n) is 10.1. The van der Waals surface area contributed by atoms with Gasteiger partial charge in [0.2, 0.25) is 11.8 Å². The molecule has 1 N–H and O–H groups in total. The number of amides is 2. The first kappa shape index (κ1) is 30.9. The molecule has 0 aliphatic heterocycles. The van der Waals surface area contributed by atoms with Crippen molar-refractivity contribution in [3.8, 4) is 0 Å². The van der Waals surface area contributed by atoms with Crippen LogP contribution in [-0.4, -0.2) is 50.8 Å². The smallest absolute Gasteiger partial charge is 0.264 e. The summed E-state index contributed by atoms with van der Waals surface area (Å²) in [5.41, 5.74) is 4.31. The van der Waals surface area contributed by atoms with Gasteiger partial charge in [-0.05, 0) is 81.0 Å². The van der Waals surface area contributed by atoms with Crippen molar-refractivity contribution in [1.82, 2.24) is 10.2 Å². The maximum absolute atomic E-state index is 14.1. The fourth-order valence-electron chi connectivity index (χ4n) is 4.51. The van der Waals surface area contributed by atoms with Crippen molar-refractivity contribution in [2.45, 2.75) is 64.8 Å². The first-order valence-electron chi connectivity index (χ1n) is 13.9. The predicted octanol–water partition coefficient (Wildman–Crippen LogP) is 5.18. The zero-order valence-corrected chi connectivity index (χ0v) is 25.0. The molecule has 0 spiro atoms. The van der Waals surface area contributed by atoms with E-state index in [9.17, 15) is 18.0 Å². The number of nitrogens with zero attached hydrogens (tertiary/aromatic N) is 2. The van der Waals surface area contributed by atoms with E-state index in [1.807, 2.05) is 71.0 Å². The van der Waals surface area contributed by atoms with Crippen molar-refractivity contribution in [3.05, 3.63) is 95.1 Å². The molecule has 8 heteroatoms. The Labute approximate surface area is 239 Å². The Morgan fingerprint density at radius 2 is 1.55 bits per heavy atom. The molecule has 0 saturated heterocycles. The van der Waals surface area contributed by atoms with E-state index >= 15 is 0 Å². The summed E-state index contributed by atoms with van der Waals surface area (Å²) in [6, 6.07) is 21.0. The minimum Gasteiger partial charge on any atom is -0.354 e. The van der Waals surface area contributed by atoms with Crippen LogP contribution >= 0.6 is 0 Å². The van der Waals surface area contributed by atoms with Gasteiger partial charge in [0.25, 0.3) is 10.0 Å². The summed E-state index contributed by atoms with van der Waals surface area (Å²) in [6.07, 6.45) is 1.72. The fraction of sp³-hybridized carbons (Fsp3) is 0.375. The van der Waals surface area contributed by atoms with Gasteiger partial charge in [0, 0.05) is 13.1 Å². The monoisotopic (exact) mass is 563 g/mol. The molecule has 0 aliphatic carbocycles. The summed E-state index contributed by atoms with van der Waals surface area (Å²) >= 11 is 0. The number of rotatable bonds is 13. The number of hydrogen-bond acceptors (Lipinski definition) is 4. The summed E-state index contributed by atoms with van der Waals surface area (Å²) < 4.78 is 29.1. The molecule has 0 saturated carbocycles. The molecule has 40 heavy (non-hydrogen) atoms. The number of benzene rings is 3. The number of nitrogens with one attached hydrogen (secondary N) is 1. The summed E-state index contributed by atoms with van der Waals surface area (Å²) in [5, 5.41) is 2.91. The van der Waals surface area contributed by atoms with Crippen LogP contribution < -0.4 is 9.62 Å². The molecule has 3 aromatic rings. The van der Waals surface area contributed by atoms with Crippen molar-refractivity contribution in [3.63, 3.8) is 0 Å². The third-order valence-corrected chi connectivity index (χ3v) is 8.87. The predicted molar refractivity (Wildman–Crippen MR) is 161 cm³/mol. The summed E-state index contributed by atoms with van der Waals surface area (Å²) in [6.45, 7) is 9.95. The first-order valence-corrected chi connectivity index (χ1v) is 15.3. The minimum absolute atomic E-state index is 0.104. The van der Waals surface area contributed by atoms with Crippen LogP contribution in [0.15, 0.2) is 77.7 Å². The van der Waals surface area contributed by atoms with E-state index in [-0.39, 0.29) is 17.3 Å². The highest BCUT2D eigenvalue weighted by Gasteiger charge is 2.33. The van der Waals surface area contributed by atoms with Gasteiger partial charge >= 0.3 is 0 Å². The molecule has 0 fully saturated rings. The van der Waals surface area contributed by atoms with Crippen LogP contribution in [0.4, 0.5) is 5.69 Å². The van der Waals surface area contributed by atoms with Gasteiger partial charge in [-0.15, -0.1) is 0 Å². The van der Waals surface area contributed by atoms with E-state index in [0.717, 1.165) is 28.7 Å². The Bertz CT molecular complexity index is 1390. The van der Waals surface area contributed by atoms with E-state index in [0.29, 0.717) is 25.1 Å². The van der Waals surface area contributed by atoms with Crippen LogP contribution in [0.2, 0.25) is 0 Å². The second kappa shape index (κ2) is 14.1. The normalized spacial score (nSPS) is 12.0. The number of carbonyl (C=O) groups excluding carboxylic acids is 2. The number of hydrogen-bond donors (Lipinski definition) is 1. The number of sulfonamides is 1. The third kappa shape index (κ3) is 7.72. The molecule has 3 aromatic carbocycles. The van der Waals surface area contributed by atoms with Crippen molar-refractivity contribution in [2.75, 3.05) is 23.9 Å². The quantitative estimate of drug-likeness (QED) is 0.310. The van der Waals surface area contributed by atoms with Gasteiger partial charge in [0.1, 0.15) is 12.6 Å². The van der Waals surface area contributed by atoms with Crippen LogP contribution in [0.1, 0.15) is 48.9 Å². The fourth-order valence-corrected chi connectivity index (χ4v) is 5.91. The average Bonchev–Trinajstić information content (AvgIpc) is 2.94. The molecular weight excluding hydrogens is 522 g/mol. The van der Waals surface area contributed by atoms with Gasteiger partial charge in [0.05, 0.1) is 10.6 Å². The van der Waals surface area contributed by atoms with E-state index in [1.165, 1.54) is 9.21 Å². The molecule has 2 amide bonds. The minimum atomic E-state index is -4.08. The van der Waals surface area contributed by atoms with E-state index in [2.05, 4.69) is 5.32 Å². The Hall–Kier alpha value is -3.65. The van der Waals surface area contributed by atoms with Crippen molar-refractivity contribution in [2.24, 2.45) is 0 Å². The Kier molecular flexibility index (Phi) is 10.9. The molecule has 0 aromatic heterocycles. The molecule has 0 bridgehead atoms. The third-order valence-electron chi connectivity index (χ3n) is 7.09. The topological polar surface area (TPSA) is 86.8 Å². The Morgan fingerprint density at radius 1 is 0.875 bits per heavy atom. The molecule has 0 heterocycles. The SMILES string of the molecule is CCCNC(=O)[C@@H](CC)N(CCc1ccccc1)C(=O)CN(c1ccc(C)c(C)c1)S(=O)(=O)c1ccc(C)cc1. The summed E-state index contributed by atoms with van der Waals surface area (Å²) in [7, 11) is -4.08. The summed E-state index contributed by atoms with van der Waals surface area (Å²) in [5.74, 6) is -0.659. The highest BCUT2D eigenvalue weighted by Crippen LogP contribution is 2.26. The molecule has 1 atom stereocenters. The maximum atomic E-state index is 14.1. The number of carbonyl (C=O) groups is 2. The van der Waals surface area contributed by atoms with Crippen LogP contribution in [0.25, 0.3) is 0 Å². The van der Waals surface area contributed by atoms with Crippen LogP contribution in [0, 0.1) is 20.8 Å². The van der Waals surface area contributed by atoms with Crippen LogP contribution in [0.5, 0.6) is 0 Å². The lowest BCUT2D eigenvalue weighted by Gasteiger charge is -2.33. The number of aryl methyl sites for hydroxylation is 3. The lowest BCUT2D eigenvalue weighted by atomic mass is 10.1. The second-order valence-corrected chi connectivity index (χ2v) is 12.0. The average molecular weight is 564 g/mol. The van der Waals surface area contributed by atoms with Crippen molar-refractivity contribution >= 4 is 27.5 Å². The first-order chi connectivity index (χ1) is 19.1. The zero-order chi connectivity index (χ0) is 29.3. The summed E-state index contributed by atoms with van der Waals surface area (Å²) in [4.78, 5) is 28.8. The van der Waals surface area contributed by atoms with E-state index < -0.39 is 28.5 Å². The van der Waals surface area contributed by atoms with Crippen LogP contribution in [-0.2, 0) is 26.0 Å². The largest absolute Gasteiger partial charge is 0.354 e. The molecular formula is C32H41N3O4S. The van der Waals surface area contributed by atoms with Gasteiger partial charge < -0.3 is 10.2 Å². The van der Waals surface area contributed by atoms with Gasteiger partial charge in [-0.25, -0.2) is 8.42 Å². The van der Waals surface area contributed by atoms with Gasteiger partial charge in [-0.2, -0.15) is 0 Å². The maximum Gasteiger partial charge on any atom is 0.264 e. The molecule has 7 nitrogen and oxygen atoms in total. The van der Waals surface area contributed by atoms with Crippen molar-refractivity contribution < 1.29 is 18.0 Å². The molecule has 0 radical (unpaired) electrons. The lowest BCUT2D eigenvalue weighted by molar-refractivity contribution is -0.139. The van der Waals surface area contributed by atoms with Gasteiger partial charge in [-0.1, -0.05) is 67.9 Å². The Morgan fingerprint density at radius 3 is 2.15 bits per heavy atom. The highest BCUT2D eigenvalue weighted by atomic mass is 32.2. The lowest BCUT2D eigenvalue weighted by Crippen LogP contribution is -2.53. The standard InChI is InChI=1S/C32H41N3O4S/c1-6-20-33-32(37)30(7-2)34(21-19-27-11-9-8-10-12-27)31(36)23-35(28-16-15-25(4)26(5)22-28)40(38,39)29-17-13-24(3)14-18-29/h8-18,22,30H,6-7,19-21,23H2,1-5H3,(H,33,37)/t30-/m1/s1. The molecule has 0 aliphatic rings. The van der Waals surface area contributed by atoms with Crippen LogP contribution in [0.3, 0.4) is 0 Å². The highest BCUT2D eigenvalue weighted by molar-refractivity contribution is 7.92. The van der Waals surface area contributed by atoms with Gasteiger partial charge in [-0.3, -0.25) is 13.9 Å².